The van der Waals surface area contributed by atoms with Crippen molar-refractivity contribution in [2.45, 2.75) is 47.5 Å². The predicted octanol–water partition coefficient (Wildman–Crippen LogP) is 2.11. The Bertz CT molecular complexity index is 155. The summed E-state index contributed by atoms with van der Waals surface area (Å²) in [4.78, 5) is 0. The average Bonchev–Trinajstić information content (AvgIpc) is 2.97. The highest BCUT2D eigenvalue weighted by atomic mass is 16.6. The molecule has 0 amide bonds. The lowest BCUT2D eigenvalue weighted by Crippen LogP contribution is -2.19. The highest BCUT2D eigenvalue weighted by Gasteiger charge is 2.24. The number of hydrogen-bond donors (Lipinski definition) is 0. The molecule has 4 heteroatoms. The Morgan fingerprint density at radius 2 is 1.56 bits per heavy atom. The van der Waals surface area contributed by atoms with E-state index in [1.807, 2.05) is 6.92 Å². The fourth-order valence-electron chi connectivity index (χ4n) is 1.01. The van der Waals surface area contributed by atoms with Crippen molar-refractivity contribution >= 4 is 0 Å². The van der Waals surface area contributed by atoms with Gasteiger partial charge in [-0.1, -0.05) is 22.3 Å². The summed E-state index contributed by atoms with van der Waals surface area (Å²) >= 11 is 0. The molecular formula is C12H28O4. The Hall–Kier alpha value is -0.160. The second-order valence-corrected chi connectivity index (χ2v) is 3.59. The number of hydrogen-bond acceptors (Lipinski definition) is 4. The lowest BCUT2D eigenvalue weighted by molar-refractivity contribution is -0.0146. The van der Waals surface area contributed by atoms with Crippen LogP contribution < -0.4 is 0 Å². The third-order valence-corrected chi connectivity index (χ3v) is 2.03. The highest BCUT2D eigenvalue weighted by molar-refractivity contribution is 4.69. The largest absolute Gasteiger partial charge is 0.376 e. The van der Waals surface area contributed by atoms with E-state index < -0.39 is 0 Å². The fourth-order valence-corrected chi connectivity index (χ4v) is 1.01. The van der Waals surface area contributed by atoms with E-state index in [4.69, 9.17) is 18.9 Å². The summed E-state index contributed by atoms with van der Waals surface area (Å²) in [6.07, 6.45) is 0.844. The van der Waals surface area contributed by atoms with Crippen LogP contribution in [-0.2, 0) is 18.9 Å². The summed E-state index contributed by atoms with van der Waals surface area (Å²) in [6, 6.07) is 0. The predicted molar refractivity (Wildman–Crippen MR) is 65.9 cm³/mol. The summed E-state index contributed by atoms with van der Waals surface area (Å²) in [6.45, 7) is 5.76. The minimum atomic E-state index is 0. The molecule has 16 heavy (non-hydrogen) atoms. The van der Waals surface area contributed by atoms with Crippen molar-refractivity contribution in [3.63, 3.8) is 0 Å². The summed E-state index contributed by atoms with van der Waals surface area (Å²) in [7, 11) is 0. The van der Waals surface area contributed by atoms with Crippen LogP contribution in [0.3, 0.4) is 0 Å². The van der Waals surface area contributed by atoms with E-state index >= 15 is 0 Å². The van der Waals surface area contributed by atoms with Crippen molar-refractivity contribution in [2.75, 3.05) is 33.0 Å². The average molecular weight is 236 g/mol. The molecule has 4 nitrogen and oxygen atoms in total. The molecule has 0 saturated carbocycles. The maximum Gasteiger partial charge on any atom is 0.104 e. The first-order valence-corrected chi connectivity index (χ1v) is 4.77. The molecule has 3 unspecified atom stereocenters. The molecule has 100 valence electrons. The van der Waals surface area contributed by atoms with Gasteiger partial charge in [0.2, 0.25) is 0 Å². The van der Waals surface area contributed by atoms with Gasteiger partial charge in [0.25, 0.3) is 0 Å². The summed E-state index contributed by atoms with van der Waals surface area (Å²) in [5.74, 6) is 0. The van der Waals surface area contributed by atoms with Crippen LogP contribution in [0.5, 0.6) is 0 Å². The van der Waals surface area contributed by atoms with Gasteiger partial charge in [-0.3, -0.25) is 0 Å². The molecule has 2 saturated heterocycles. The van der Waals surface area contributed by atoms with E-state index in [-0.39, 0.29) is 28.4 Å². The molecular weight excluding hydrogens is 208 g/mol. The fraction of sp³-hybridized carbons (Fsp3) is 1.00. The molecule has 2 heterocycles. The maximum absolute atomic E-state index is 5.48. The van der Waals surface area contributed by atoms with Gasteiger partial charge in [-0.05, 0) is 6.92 Å². The highest BCUT2D eigenvalue weighted by Crippen LogP contribution is 2.11. The van der Waals surface area contributed by atoms with Crippen LogP contribution in [0.4, 0.5) is 0 Å². The Morgan fingerprint density at radius 3 is 2.06 bits per heavy atom. The first kappa shape index (κ1) is 18.2. The molecule has 0 aliphatic carbocycles. The summed E-state index contributed by atoms with van der Waals surface area (Å²) < 4.78 is 20.9. The van der Waals surface area contributed by atoms with Crippen LogP contribution in [-0.4, -0.2) is 51.3 Å². The van der Waals surface area contributed by atoms with Gasteiger partial charge in [-0.15, -0.1) is 0 Å². The molecule has 2 rings (SSSR count). The van der Waals surface area contributed by atoms with Gasteiger partial charge < -0.3 is 18.9 Å². The van der Waals surface area contributed by atoms with Crippen LogP contribution in [0.2, 0.25) is 0 Å². The zero-order valence-corrected chi connectivity index (χ0v) is 7.90. The van der Waals surface area contributed by atoms with Gasteiger partial charge in [-0.25, -0.2) is 0 Å². The van der Waals surface area contributed by atoms with E-state index in [9.17, 15) is 0 Å². The van der Waals surface area contributed by atoms with E-state index in [1.54, 1.807) is 0 Å². The topological polar surface area (TPSA) is 43.5 Å². The van der Waals surface area contributed by atoms with E-state index in [0.717, 1.165) is 13.2 Å². The number of rotatable bonds is 7. The molecule has 0 aromatic heterocycles. The quantitative estimate of drug-likeness (QED) is 0.635. The molecule has 0 spiro atoms. The lowest BCUT2D eigenvalue weighted by Gasteiger charge is -2.11. The second kappa shape index (κ2) is 8.93. The normalized spacial score (nSPS) is 26.8. The van der Waals surface area contributed by atoms with Crippen molar-refractivity contribution in [2.24, 2.45) is 0 Å². The Kier molecular flexibility index (Phi) is 10.2. The van der Waals surface area contributed by atoms with Crippen LogP contribution in [0.25, 0.3) is 0 Å². The Morgan fingerprint density at radius 1 is 1.06 bits per heavy atom. The van der Waals surface area contributed by atoms with Gasteiger partial charge in [0.05, 0.1) is 39.1 Å². The van der Waals surface area contributed by atoms with Gasteiger partial charge in [-0.2, -0.15) is 0 Å². The molecule has 2 aliphatic rings. The standard InChI is InChI=1S/C9H16O4.3CH4/c1-7(11-4-9-6-13-9)2-10-3-8-5-12-8;;;/h7-9H,2-6H2,1H3;3*1H4. The van der Waals surface area contributed by atoms with E-state index in [2.05, 4.69) is 0 Å². The zero-order chi connectivity index (χ0) is 9.10. The van der Waals surface area contributed by atoms with Crippen molar-refractivity contribution in [3.8, 4) is 0 Å². The third kappa shape index (κ3) is 8.05. The first-order chi connectivity index (χ1) is 6.34. The monoisotopic (exact) mass is 236 g/mol. The molecule has 0 bridgehead atoms. The third-order valence-electron chi connectivity index (χ3n) is 2.03. The molecule has 2 aliphatic heterocycles. The molecule has 0 aromatic rings. The molecule has 0 radical (unpaired) electrons. The van der Waals surface area contributed by atoms with E-state index in [1.165, 1.54) is 0 Å². The smallest absolute Gasteiger partial charge is 0.104 e. The Labute approximate surface area is 100 Å². The second-order valence-electron chi connectivity index (χ2n) is 3.59. The molecule has 3 atom stereocenters. The van der Waals surface area contributed by atoms with Gasteiger partial charge in [0, 0.05) is 0 Å². The van der Waals surface area contributed by atoms with Crippen LogP contribution in [0.15, 0.2) is 0 Å². The van der Waals surface area contributed by atoms with Crippen LogP contribution in [0.1, 0.15) is 29.2 Å². The maximum atomic E-state index is 5.48. The Balaban J connectivity index is 0. The van der Waals surface area contributed by atoms with Crippen LogP contribution >= 0.6 is 0 Å². The minimum absolute atomic E-state index is 0. The summed E-state index contributed by atoms with van der Waals surface area (Å²) in [5.41, 5.74) is 0. The lowest BCUT2D eigenvalue weighted by atomic mass is 10.4. The SMILES string of the molecule is C.C.C.CC(COCC1CO1)OCC1CO1. The van der Waals surface area contributed by atoms with Crippen molar-refractivity contribution in [1.29, 1.82) is 0 Å². The van der Waals surface area contributed by atoms with Gasteiger partial charge >= 0.3 is 0 Å². The zero-order valence-electron chi connectivity index (χ0n) is 7.90. The van der Waals surface area contributed by atoms with Crippen molar-refractivity contribution < 1.29 is 18.9 Å². The van der Waals surface area contributed by atoms with Crippen molar-refractivity contribution in [3.05, 3.63) is 0 Å². The molecule has 2 fully saturated rings. The molecule has 0 N–H and O–H groups in total. The van der Waals surface area contributed by atoms with Gasteiger partial charge in [0.1, 0.15) is 12.2 Å². The summed E-state index contributed by atoms with van der Waals surface area (Å²) in [5, 5.41) is 0. The first-order valence-electron chi connectivity index (χ1n) is 4.77. The molecule has 0 aromatic carbocycles. The van der Waals surface area contributed by atoms with Crippen LogP contribution in [0, 0.1) is 0 Å². The number of epoxide rings is 2. The van der Waals surface area contributed by atoms with Crippen molar-refractivity contribution in [1.82, 2.24) is 0 Å². The number of ether oxygens (including phenoxy) is 4. The minimum Gasteiger partial charge on any atom is -0.376 e. The van der Waals surface area contributed by atoms with Gasteiger partial charge in [0.15, 0.2) is 0 Å². The van der Waals surface area contributed by atoms with E-state index in [0.29, 0.717) is 32.0 Å².